The molecular formula is C11H16O3. The zero-order valence-electron chi connectivity index (χ0n) is 8.71. The van der Waals surface area contributed by atoms with Crippen molar-refractivity contribution in [3.05, 3.63) is 12.2 Å². The van der Waals surface area contributed by atoms with E-state index in [1.54, 1.807) is 0 Å². The van der Waals surface area contributed by atoms with Crippen molar-refractivity contribution in [3.8, 4) is 0 Å². The van der Waals surface area contributed by atoms with Crippen LogP contribution in [0.5, 0.6) is 0 Å². The Hall–Kier alpha value is -0.990. The molecule has 0 aromatic rings. The van der Waals surface area contributed by atoms with Gasteiger partial charge in [0.1, 0.15) is 11.7 Å². The van der Waals surface area contributed by atoms with Crippen molar-refractivity contribution in [3.63, 3.8) is 0 Å². The normalized spacial score (nSPS) is 41.1. The van der Waals surface area contributed by atoms with Gasteiger partial charge >= 0.3 is 6.16 Å². The second kappa shape index (κ2) is 3.01. The first kappa shape index (κ1) is 9.56. The molecule has 0 radical (unpaired) electrons. The van der Waals surface area contributed by atoms with Crippen molar-refractivity contribution in [1.82, 2.24) is 0 Å². The maximum Gasteiger partial charge on any atom is 0.509 e. The van der Waals surface area contributed by atoms with E-state index in [0.717, 1.165) is 19.3 Å². The van der Waals surface area contributed by atoms with E-state index >= 15 is 0 Å². The number of hydrogen-bond acceptors (Lipinski definition) is 3. The Balaban J connectivity index is 2.11. The van der Waals surface area contributed by atoms with E-state index in [1.165, 1.54) is 5.57 Å². The van der Waals surface area contributed by atoms with E-state index in [-0.39, 0.29) is 11.7 Å². The highest BCUT2D eigenvalue weighted by Gasteiger charge is 2.50. The molecule has 3 nitrogen and oxygen atoms in total. The first-order valence-electron chi connectivity index (χ1n) is 5.06. The van der Waals surface area contributed by atoms with Crippen molar-refractivity contribution in [1.29, 1.82) is 0 Å². The summed E-state index contributed by atoms with van der Waals surface area (Å²) in [5.41, 5.74) is 0.790. The van der Waals surface area contributed by atoms with Crippen LogP contribution >= 0.6 is 0 Å². The van der Waals surface area contributed by atoms with Gasteiger partial charge in [0, 0.05) is 0 Å². The molecule has 2 aliphatic rings. The van der Waals surface area contributed by atoms with Gasteiger partial charge in [-0.25, -0.2) is 4.79 Å². The first-order chi connectivity index (χ1) is 6.51. The molecule has 1 saturated heterocycles. The van der Waals surface area contributed by atoms with Crippen molar-refractivity contribution >= 4 is 6.16 Å². The Labute approximate surface area is 84.1 Å². The average molecular weight is 196 g/mol. The molecule has 2 rings (SSSR count). The van der Waals surface area contributed by atoms with Crippen molar-refractivity contribution in [2.45, 2.75) is 44.8 Å². The monoisotopic (exact) mass is 196 g/mol. The summed E-state index contributed by atoms with van der Waals surface area (Å²) in [6.07, 6.45) is 2.18. The number of rotatable bonds is 1. The van der Waals surface area contributed by atoms with Gasteiger partial charge in [-0.2, -0.15) is 0 Å². The van der Waals surface area contributed by atoms with Crippen LogP contribution in [0, 0.1) is 5.92 Å². The predicted octanol–water partition coefficient (Wildman–Crippen LogP) is 2.66. The fourth-order valence-electron chi connectivity index (χ4n) is 2.32. The van der Waals surface area contributed by atoms with Crippen LogP contribution in [0.4, 0.5) is 4.79 Å². The Morgan fingerprint density at radius 1 is 1.64 bits per heavy atom. The fourth-order valence-corrected chi connectivity index (χ4v) is 2.32. The highest BCUT2D eigenvalue weighted by atomic mass is 16.8. The van der Waals surface area contributed by atoms with Gasteiger partial charge in [0.25, 0.3) is 0 Å². The topological polar surface area (TPSA) is 35.5 Å². The van der Waals surface area contributed by atoms with Crippen LogP contribution in [0.2, 0.25) is 0 Å². The lowest BCUT2D eigenvalue weighted by Crippen LogP contribution is -2.42. The average Bonchev–Trinajstić information content (AvgIpc) is 2.37. The Morgan fingerprint density at radius 2 is 2.36 bits per heavy atom. The lowest BCUT2D eigenvalue weighted by atomic mass is 9.75. The number of carbonyl (C=O) groups excluding carboxylic acids is 1. The predicted molar refractivity (Wildman–Crippen MR) is 51.9 cm³/mol. The summed E-state index contributed by atoms with van der Waals surface area (Å²) in [5.74, 6) is 0.475. The molecule has 0 N–H and O–H groups in total. The molecule has 78 valence electrons. The fraction of sp³-hybridized carbons (Fsp3) is 0.727. The van der Waals surface area contributed by atoms with Gasteiger partial charge in [0.15, 0.2) is 0 Å². The zero-order chi connectivity index (χ0) is 10.3. The maximum absolute atomic E-state index is 11.0. The van der Waals surface area contributed by atoms with Gasteiger partial charge in [0.05, 0.1) is 0 Å². The summed E-state index contributed by atoms with van der Waals surface area (Å²) in [6, 6.07) is 0. The molecule has 1 aliphatic carbocycles. The lowest BCUT2D eigenvalue weighted by molar-refractivity contribution is 0.00194. The van der Waals surface area contributed by atoms with E-state index in [4.69, 9.17) is 9.47 Å². The molecule has 2 fully saturated rings. The Bertz CT molecular complexity index is 284. The third kappa shape index (κ3) is 1.41. The van der Waals surface area contributed by atoms with Gasteiger partial charge in [0.2, 0.25) is 0 Å². The second-order valence-corrected chi connectivity index (χ2v) is 4.59. The SMILES string of the molecule is C=C(C)C1CCC2(C)OC(=O)OC2C1. The van der Waals surface area contributed by atoms with Crippen LogP contribution in [-0.4, -0.2) is 17.9 Å². The second-order valence-electron chi connectivity index (χ2n) is 4.59. The molecule has 3 unspecified atom stereocenters. The van der Waals surface area contributed by atoms with Crippen LogP contribution < -0.4 is 0 Å². The van der Waals surface area contributed by atoms with Crippen LogP contribution in [0.25, 0.3) is 0 Å². The van der Waals surface area contributed by atoms with Gasteiger partial charge in [-0.1, -0.05) is 12.2 Å². The summed E-state index contributed by atoms with van der Waals surface area (Å²) in [6.45, 7) is 7.94. The van der Waals surface area contributed by atoms with Gasteiger partial charge < -0.3 is 9.47 Å². The van der Waals surface area contributed by atoms with E-state index in [2.05, 4.69) is 6.58 Å². The molecule has 0 aromatic carbocycles. The molecule has 0 bridgehead atoms. The third-order valence-electron chi connectivity index (χ3n) is 3.42. The lowest BCUT2D eigenvalue weighted by Gasteiger charge is -2.35. The molecular weight excluding hydrogens is 180 g/mol. The minimum atomic E-state index is -0.514. The smallest absolute Gasteiger partial charge is 0.427 e. The molecule has 1 aliphatic heterocycles. The number of hydrogen-bond donors (Lipinski definition) is 0. The van der Waals surface area contributed by atoms with Crippen LogP contribution in [0.1, 0.15) is 33.1 Å². The molecule has 3 heteroatoms. The van der Waals surface area contributed by atoms with E-state index in [9.17, 15) is 4.79 Å². The molecule has 3 atom stereocenters. The summed E-state index contributed by atoms with van der Waals surface area (Å²) < 4.78 is 10.3. The highest BCUT2D eigenvalue weighted by molar-refractivity contribution is 5.63. The van der Waals surface area contributed by atoms with Gasteiger partial charge in [-0.3, -0.25) is 0 Å². The van der Waals surface area contributed by atoms with Crippen LogP contribution in [0.15, 0.2) is 12.2 Å². The van der Waals surface area contributed by atoms with Crippen molar-refractivity contribution in [2.75, 3.05) is 0 Å². The summed E-state index contributed by atoms with van der Waals surface area (Å²) in [4.78, 5) is 11.0. The molecule has 0 spiro atoms. The van der Waals surface area contributed by atoms with E-state index in [1.807, 2.05) is 13.8 Å². The van der Waals surface area contributed by atoms with Crippen LogP contribution in [-0.2, 0) is 9.47 Å². The zero-order valence-corrected chi connectivity index (χ0v) is 8.71. The minimum absolute atomic E-state index is 0.0783. The van der Waals surface area contributed by atoms with E-state index < -0.39 is 6.16 Å². The quantitative estimate of drug-likeness (QED) is 0.477. The Morgan fingerprint density at radius 3 is 3.00 bits per heavy atom. The third-order valence-corrected chi connectivity index (χ3v) is 3.42. The number of fused-ring (bicyclic) bond motifs is 1. The standard InChI is InChI=1S/C11H16O3/c1-7(2)8-4-5-11(3)9(6-8)13-10(12)14-11/h8-9H,1,4-6H2,2-3H3. The highest BCUT2D eigenvalue weighted by Crippen LogP contribution is 2.42. The largest absolute Gasteiger partial charge is 0.509 e. The van der Waals surface area contributed by atoms with E-state index in [0.29, 0.717) is 5.92 Å². The maximum atomic E-state index is 11.0. The van der Waals surface area contributed by atoms with Crippen molar-refractivity contribution < 1.29 is 14.3 Å². The molecule has 0 aromatic heterocycles. The van der Waals surface area contributed by atoms with Crippen LogP contribution in [0.3, 0.4) is 0 Å². The number of allylic oxidation sites excluding steroid dienone is 1. The van der Waals surface area contributed by atoms with Gasteiger partial charge in [-0.15, -0.1) is 0 Å². The first-order valence-corrected chi connectivity index (χ1v) is 5.06. The van der Waals surface area contributed by atoms with Crippen molar-refractivity contribution in [2.24, 2.45) is 5.92 Å². The summed E-state index contributed by atoms with van der Waals surface area (Å²) >= 11 is 0. The number of ether oxygens (including phenoxy) is 2. The Kier molecular flexibility index (Phi) is 2.05. The summed E-state index contributed by atoms with van der Waals surface area (Å²) in [7, 11) is 0. The summed E-state index contributed by atoms with van der Waals surface area (Å²) in [5, 5.41) is 0. The number of carbonyl (C=O) groups is 1. The molecule has 1 saturated carbocycles. The molecule has 0 amide bonds. The van der Waals surface area contributed by atoms with Gasteiger partial charge in [-0.05, 0) is 39.0 Å². The molecule has 1 heterocycles. The minimum Gasteiger partial charge on any atom is -0.427 e. The molecule has 14 heavy (non-hydrogen) atoms.